The zero-order valence-corrected chi connectivity index (χ0v) is 23.2. The maximum atomic E-state index is 13.5. The van der Waals surface area contributed by atoms with Gasteiger partial charge in [-0.15, -0.1) is 0 Å². The normalized spacial score (nSPS) is 14.2. The van der Waals surface area contributed by atoms with Crippen LogP contribution in [0.5, 0.6) is 5.75 Å². The van der Waals surface area contributed by atoms with Gasteiger partial charge in [-0.2, -0.15) is 13.2 Å². The number of hydrogen-bond donors (Lipinski definition) is 2. The summed E-state index contributed by atoms with van der Waals surface area (Å²) in [5.74, 6) is 6.53. The number of amides is 2. The predicted octanol–water partition coefficient (Wildman–Crippen LogP) is 6.14. The summed E-state index contributed by atoms with van der Waals surface area (Å²) < 4.78 is 56.8. The number of aromatic nitrogens is 1. The number of nitrogens with zero attached hydrogens (tertiary/aromatic N) is 2. The molecule has 8 nitrogen and oxygen atoms in total. The second-order valence-corrected chi connectivity index (χ2v) is 10.6. The van der Waals surface area contributed by atoms with Crippen molar-refractivity contribution in [1.29, 1.82) is 0 Å². The topological polar surface area (TPSA) is 88.9 Å². The molecule has 0 saturated carbocycles. The van der Waals surface area contributed by atoms with Crippen LogP contribution in [0.2, 0.25) is 0 Å². The number of carbonyl (C=O) groups is 1. The Morgan fingerprint density at radius 1 is 1.00 bits per heavy atom. The first kappa shape index (κ1) is 30.0. The van der Waals surface area contributed by atoms with E-state index in [2.05, 4.69) is 32.5 Å². The van der Waals surface area contributed by atoms with Crippen LogP contribution in [0, 0.1) is 11.8 Å². The molecule has 41 heavy (non-hydrogen) atoms. The first-order chi connectivity index (χ1) is 19.5. The summed E-state index contributed by atoms with van der Waals surface area (Å²) in [6.45, 7) is 9.76. The molecule has 1 aromatic heterocycles. The third-order valence-electron chi connectivity index (χ3n) is 6.25. The summed E-state index contributed by atoms with van der Waals surface area (Å²) in [6, 6.07) is 11.6. The van der Waals surface area contributed by atoms with Gasteiger partial charge in [-0.3, -0.25) is 10.2 Å². The van der Waals surface area contributed by atoms with Gasteiger partial charge < -0.3 is 19.3 Å². The first-order valence-electron chi connectivity index (χ1n) is 13.3. The van der Waals surface area contributed by atoms with Gasteiger partial charge in [0, 0.05) is 47.9 Å². The second kappa shape index (κ2) is 13.1. The Labute approximate surface area is 237 Å². The minimum atomic E-state index is -4.54. The molecule has 11 heteroatoms. The monoisotopic (exact) mass is 570 g/mol. The summed E-state index contributed by atoms with van der Waals surface area (Å²) in [5, 5.41) is 9.17. The van der Waals surface area contributed by atoms with Crippen LogP contribution in [0.25, 0.3) is 0 Å². The van der Waals surface area contributed by atoms with Gasteiger partial charge in [0.1, 0.15) is 11.5 Å². The minimum Gasteiger partial charge on any atom is -0.493 e. The van der Waals surface area contributed by atoms with Crippen molar-refractivity contribution in [2.45, 2.75) is 38.8 Å². The molecule has 218 valence electrons. The molecule has 4 rings (SSSR count). The van der Waals surface area contributed by atoms with Gasteiger partial charge in [0.05, 0.1) is 25.4 Å². The Bertz CT molecular complexity index is 1380. The van der Waals surface area contributed by atoms with Gasteiger partial charge >= 0.3 is 12.2 Å². The van der Waals surface area contributed by atoms with Crippen molar-refractivity contribution in [2.75, 3.05) is 50.1 Å². The Hall–Kier alpha value is -4.01. The molecule has 0 spiro atoms. The van der Waals surface area contributed by atoms with Crippen LogP contribution < -0.4 is 15.4 Å². The largest absolute Gasteiger partial charge is 0.493 e. The summed E-state index contributed by atoms with van der Waals surface area (Å²) in [6.07, 6.45) is -3.94. The highest BCUT2D eigenvalue weighted by Crippen LogP contribution is 2.36. The van der Waals surface area contributed by atoms with Gasteiger partial charge in [0.25, 0.3) is 0 Å². The highest BCUT2D eigenvalue weighted by atomic mass is 19.4. The van der Waals surface area contributed by atoms with Crippen LogP contribution in [0.1, 0.15) is 49.6 Å². The number of rotatable bonds is 7. The Kier molecular flexibility index (Phi) is 9.57. The highest BCUT2D eigenvalue weighted by Gasteiger charge is 2.34. The van der Waals surface area contributed by atoms with Crippen molar-refractivity contribution in [3.8, 4) is 17.6 Å². The van der Waals surface area contributed by atoms with E-state index in [0.29, 0.717) is 48.0 Å². The van der Waals surface area contributed by atoms with Crippen LogP contribution in [0.15, 0.2) is 53.1 Å². The third kappa shape index (κ3) is 8.99. The van der Waals surface area contributed by atoms with Crippen molar-refractivity contribution < 1.29 is 32.0 Å². The van der Waals surface area contributed by atoms with Gasteiger partial charge in [-0.25, -0.2) is 4.79 Å². The molecule has 2 amide bonds. The van der Waals surface area contributed by atoms with E-state index in [1.807, 2.05) is 20.8 Å². The van der Waals surface area contributed by atoms with E-state index in [9.17, 15) is 18.0 Å². The lowest BCUT2D eigenvalue weighted by Gasteiger charge is -2.26. The van der Waals surface area contributed by atoms with E-state index >= 15 is 0 Å². The fourth-order valence-electron chi connectivity index (χ4n) is 4.00. The molecule has 0 aliphatic carbocycles. The van der Waals surface area contributed by atoms with Crippen molar-refractivity contribution in [1.82, 2.24) is 10.1 Å². The predicted molar refractivity (Wildman–Crippen MR) is 149 cm³/mol. The van der Waals surface area contributed by atoms with Crippen LogP contribution in [-0.2, 0) is 16.3 Å². The maximum absolute atomic E-state index is 13.5. The number of hydrogen-bond acceptors (Lipinski definition) is 6. The smallest absolute Gasteiger partial charge is 0.419 e. The number of alkyl halides is 3. The first-order valence-corrected chi connectivity index (χ1v) is 13.3. The summed E-state index contributed by atoms with van der Waals surface area (Å²) >= 11 is 0. The lowest BCUT2D eigenvalue weighted by Crippen LogP contribution is -2.37. The fraction of sp³-hybridized carbons (Fsp3) is 0.400. The lowest BCUT2D eigenvalue weighted by molar-refractivity contribution is -0.139. The minimum absolute atomic E-state index is 0.160. The van der Waals surface area contributed by atoms with Crippen LogP contribution in [0.3, 0.4) is 0 Å². The molecule has 1 fully saturated rings. The molecular weight excluding hydrogens is 537 g/mol. The number of benzene rings is 2. The van der Waals surface area contributed by atoms with Gasteiger partial charge in [0.2, 0.25) is 0 Å². The van der Waals surface area contributed by atoms with E-state index < -0.39 is 17.8 Å². The van der Waals surface area contributed by atoms with E-state index in [0.717, 1.165) is 25.7 Å². The molecule has 1 aliphatic rings. The standard InChI is InChI=1S/C30H33F3N4O4/c1-29(2,3)26-20-27(36-41-26)35-28(38)34-23-10-7-21(8-11-23)5-6-22-9-12-24(30(31,32)33)25(19-22)40-16-4-13-37-14-17-39-18-15-37/h7-12,19-20H,4,13-18H2,1-3H3,(H2,34,35,36,38). The van der Waals surface area contributed by atoms with Gasteiger partial charge in [0.15, 0.2) is 5.82 Å². The molecule has 0 bridgehead atoms. The number of urea groups is 1. The summed E-state index contributed by atoms with van der Waals surface area (Å²) in [5.41, 5.74) is 0.469. The van der Waals surface area contributed by atoms with Crippen LogP contribution in [-0.4, -0.2) is 55.5 Å². The molecule has 2 N–H and O–H groups in total. The molecular formula is C30H33F3N4O4. The highest BCUT2D eigenvalue weighted by molar-refractivity contribution is 5.99. The number of halogens is 3. The van der Waals surface area contributed by atoms with E-state index in [4.69, 9.17) is 14.0 Å². The average molecular weight is 571 g/mol. The quantitative estimate of drug-likeness (QED) is 0.262. The van der Waals surface area contributed by atoms with Gasteiger partial charge in [-0.05, 0) is 48.9 Å². The molecule has 0 radical (unpaired) electrons. The number of morpholine rings is 1. The molecule has 2 aromatic carbocycles. The molecule has 2 heterocycles. The third-order valence-corrected chi connectivity index (χ3v) is 6.25. The SMILES string of the molecule is CC(C)(C)c1cc(NC(=O)Nc2ccc(C#Cc3ccc(C(F)(F)F)c(OCCCN4CCOCC4)c3)cc2)no1. The average Bonchev–Trinajstić information content (AvgIpc) is 3.40. The van der Waals surface area contributed by atoms with Crippen LogP contribution in [0.4, 0.5) is 29.5 Å². The number of ether oxygens (including phenoxy) is 2. The summed E-state index contributed by atoms with van der Waals surface area (Å²) in [7, 11) is 0. The molecule has 3 aromatic rings. The van der Waals surface area contributed by atoms with E-state index in [1.54, 1.807) is 30.3 Å². The number of nitrogens with one attached hydrogen (secondary N) is 2. The Morgan fingerprint density at radius 3 is 2.34 bits per heavy atom. The second-order valence-electron chi connectivity index (χ2n) is 10.6. The molecule has 1 saturated heterocycles. The maximum Gasteiger partial charge on any atom is 0.419 e. The summed E-state index contributed by atoms with van der Waals surface area (Å²) in [4.78, 5) is 14.5. The molecule has 1 aliphatic heterocycles. The Balaban J connectivity index is 1.35. The van der Waals surface area contributed by atoms with Gasteiger partial charge in [-0.1, -0.05) is 37.8 Å². The van der Waals surface area contributed by atoms with E-state index in [-0.39, 0.29) is 17.8 Å². The Morgan fingerprint density at radius 2 is 1.68 bits per heavy atom. The molecule has 0 unspecified atom stereocenters. The zero-order chi connectivity index (χ0) is 29.5. The van der Waals surface area contributed by atoms with Crippen molar-refractivity contribution in [3.05, 3.63) is 71.0 Å². The van der Waals surface area contributed by atoms with E-state index in [1.165, 1.54) is 12.1 Å². The zero-order valence-electron chi connectivity index (χ0n) is 23.2. The van der Waals surface area contributed by atoms with Crippen molar-refractivity contribution >= 4 is 17.5 Å². The van der Waals surface area contributed by atoms with Crippen molar-refractivity contribution in [3.63, 3.8) is 0 Å². The molecule has 0 atom stereocenters. The number of carbonyl (C=O) groups excluding carboxylic acids is 1. The number of anilines is 2. The van der Waals surface area contributed by atoms with Crippen molar-refractivity contribution in [2.24, 2.45) is 0 Å². The lowest BCUT2D eigenvalue weighted by atomic mass is 9.93. The fourth-order valence-corrected chi connectivity index (χ4v) is 4.00. The van der Waals surface area contributed by atoms with Crippen LogP contribution >= 0.6 is 0 Å².